The Hall–Kier alpha value is -1.79. The van der Waals surface area contributed by atoms with Crippen molar-refractivity contribution in [1.29, 1.82) is 0 Å². The van der Waals surface area contributed by atoms with Crippen LogP contribution < -0.4 is 10.6 Å². The van der Waals surface area contributed by atoms with E-state index in [1.165, 1.54) is 11.8 Å². The first-order chi connectivity index (χ1) is 11.4. The molecule has 4 nitrogen and oxygen atoms in total. The molecular formula is C18H19BrN2O2S. The molecule has 0 saturated carbocycles. The van der Waals surface area contributed by atoms with Crippen molar-refractivity contribution in [3.05, 3.63) is 58.6 Å². The fourth-order valence-electron chi connectivity index (χ4n) is 1.97. The number of halogens is 1. The molecule has 0 aliphatic heterocycles. The monoisotopic (exact) mass is 406 g/mol. The fourth-order valence-corrected chi connectivity index (χ4v) is 2.92. The third-order valence-electron chi connectivity index (χ3n) is 3.25. The van der Waals surface area contributed by atoms with Crippen LogP contribution in [-0.2, 0) is 9.59 Å². The summed E-state index contributed by atoms with van der Waals surface area (Å²) in [5, 5.41) is 5.35. The molecule has 126 valence electrons. The Kier molecular flexibility index (Phi) is 6.87. The molecule has 0 spiro atoms. The molecule has 0 saturated heterocycles. The van der Waals surface area contributed by atoms with E-state index < -0.39 is 0 Å². The summed E-state index contributed by atoms with van der Waals surface area (Å²) in [5.41, 5.74) is 2.59. The van der Waals surface area contributed by atoms with E-state index in [-0.39, 0.29) is 22.8 Å². The normalized spacial score (nSPS) is 11.6. The van der Waals surface area contributed by atoms with Crippen molar-refractivity contribution in [2.75, 3.05) is 16.4 Å². The summed E-state index contributed by atoms with van der Waals surface area (Å²) >= 11 is 4.66. The van der Waals surface area contributed by atoms with Gasteiger partial charge in [-0.15, -0.1) is 11.8 Å². The Morgan fingerprint density at radius 3 is 2.46 bits per heavy atom. The zero-order valence-electron chi connectivity index (χ0n) is 13.5. The highest BCUT2D eigenvalue weighted by atomic mass is 79.9. The SMILES string of the molecule is Cc1cccc(NC(=O)CSC(C)C(=O)Nc2ccc(Br)cc2)c1. The van der Waals surface area contributed by atoms with Crippen LogP contribution >= 0.6 is 27.7 Å². The second kappa shape index (κ2) is 8.89. The van der Waals surface area contributed by atoms with Crippen molar-refractivity contribution in [3.8, 4) is 0 Å². The van der Waals surface area contributed by atoms with Gasteiger partial charge >= 0.3 is 0 Å². The number of carbonyl (C=O) groups excluding carboxylic acids is 2. The minimum atomic E-state index is -0.322. The lowest BCUT2D eigenvalue weighted by atomic mass is 10.2. The van der Waals surface area contributed by atoms with Crippen LogP contribution in [0.25, 0.3) is 0 Å². The van der Waals surface area contributed by atoms with Gasteiger partial charge in [0, 0.05) is 15.8 Å². The van der Waals surface area contributed by atoms with Crippen molar-refractivity contribution in [2.24, 2.45) is 0 Å². The summed E-state index contributed by atoms with van der Waals surface area (Å²) in [7, 11) is 0. The largest absolute Gasteiger partial charge is 0.325 e. The number of hydrogen-bond acceptors (Lipinski definition) is 3. The summed E-state index contributed by atoms with van der Waals surface area (Å²) in [4.78, 5) is 24.1. The number of nitrogens with one attached hydrogen (secondary N) is 2. The first-order valence-corrected chi connectivity index (χ1v) is 9.33. The molecule has 0 aliphatic carbocycles. The van der Waals surface area contributed by atoms with Gasteiger partial charge in [0.2, 0.25) is 11.8 Å². The Morgan fingerprint density at radius 1 is 1.08 bits per heavy atom. The molecule has 6 heteroatoms. The van der Waals surface area contributed by atoms with Crippen molar-refractivity contribution in [3.63, 3.8) is 0 Å². The second-order valence-electron chi connectivity index (χ2n) is 5.37. The Balaban J connectivity index is 1.79. The topological polar surface area (TPSA) is 58.2 Å². The molecule has 1 atom stereocenters. The maximum atomic E-state index is 12.1. The third kappa shape index (κ3) is 6.02. The van der Waals surface area contributed by atoms with E-state index in [9.17, 15) is 9.59 Å². The molecule has 2 amide bonds. The van der Waals surface area contributed by atoms with Gasteiger partial charge < -0.3 is 10.6 Å². The molecule has 0 bridgehead atoms. The number of benzene rings is 2. The molecule has 0 heterocycles. The van der Waals surface area contributed by atoms with Gasteiger partial charge in [0.05, 0.1) is 11.0 Å². The van der Waals surface area contributed by atoms with Crippen LogP contribution in [0, 0.1) is 6.92 Å². The van der Waals surface area contributed by atoms with Crippen LogP contribution in [0.5, 0.6) is 0 Å². The molecule has 2 aromatic carbocycles. The molecule has 2 rings (SSSR count). The zero-order chi connectivity index (χ0) is 17.5. The summed E-state index contributed by atoms with van der Waals surface area (Å²) in [6, 6.07) is 15.0. The maximum Gasteiger partial charge on any atom is 0.237 e. The van der Waals surface area contributed by atoms with Crippen molar-refractivity contribution >= 4 is 50.9 Å². The summed E-state index contributed by atoms with van der Waals surface area (Å²) in [5.74, 6) is -0.0114. The molecule has 0 radical (unpaired) electrons. The highest BCUT2D eigenvalue weighted by molar-refractivity contribution is 9.10. The van der Waals surface area contributed by atoms with Gasteiger partial charge in [0.15, 0.2) is 0 Å². The third-order valence-corrected chi connectivity index (χ3v) is 4.92. The van der Waals surface area contributed by atoms with Gasteiger partial charge in [-0.3, -0.25) is 9.59 Å². The lowest BCUT2D eigenvalue weighted by Gasteiger charge is -2.12. The number of thioether (sulfide) groups is 1. The Labute approximate surface area is 154 Å². The Bertz CT molecular complexity index is 719. The molecule has 0 aliphatic rings. The van der Waals surface area contributed by atoms with Crippen LogP contribution in [0.4, 0.5) is 11.4 Å². The average Bonchev–Trinajstić information content (AvgIpc) is 2.54. The van der Waals surface area contributed by atoms with Crippen LogP contribution in [-0.4, -0.2) is 22.8 Å². The van der Waals surface area contributed by atoms with E-state index in [2.05, 4.69) is 26.6 Å². The highest BCUT2D eigenvalue weighted by Crippen LogP contribution is 2.17. The maximum absolute atomic E-state index is 12.1. The smallest absolute Gasteiger partial charge is 0.237 e. The summed E-state index contributed by atoms with van der Waals surface area (Å²) in [6.45, 7) is 3.76. The highest BCUT2D eigenvalue weighted by Gasteiger charge is 2.15. The van der Waals surface area contributed by atoms with Gasteiger partial charge in [-0.25, -0.2) is 0 Å². The van der Waals surface area contributed by atoms with Gasteiger partial charge in [-0.2, -0.15) is 0 Å². The molecule has 0 aromatic heterocycles. The Morgan fingerprint density at radius 2 is 1.79 bits per heavy atom. The summed E-state index contributed by atoms with van der Waals surface area (Å²) in [6.07, 6.45) is 0. The van der Waals surface area contributed by atoms with Crippen LogP contribution in [0.2, 0.25) is 0 Å². The number of rotatable bonds is 6. The van der Waals surface area contributed by atoms with Gasteiger partial charge in [0.25, 0.3) is 0 Å². The van der Waals surface area contributed by atoms with E-state index in [1.807, 2.05) is 55.5 Å². The standard InChI is InChI=1S/C18H19BrN2O2S/c1-12-4-3-5-16(10-12)20-17(22)11-24-13(2)18(23)21-15-8-6-14(19)7-9-15/h3-10,13H,11H2,1-2H3,(H,20,22)(H,21,23). The van der Waals surface area contributed by atoms with Crippen molar-refractivity contribution in [1.82, 2.24) is 0 Å². The van der Waals surface area contributed by atoms with Gasteiger partial charge in [-0.05, 0) is 55.8 Å². The molecule has 2 aromatic rings. The van der Waals surface area contributed by atoms with Crippen LogP contribution in [0.15, 0.2) is 53.0 Å². The van der Waals surface area contributed by atoms with E-state index in [1.54, 1.807) is 6.92 Å². The number of carbonyl (C=O) groups is 2. The zero-order valence-corrected chi connectivity index (χ0v) is 15.9. The van der Waals surface area contributed by atoms with E-state index in [0.717, 1.165) is 21.4 Å². The number of amides is 2. The first kappa shape index (κ1) is 18.5. The summed E-state index contributed by atoms with van der Waals surface area (Å²) < 4.78 is 0.954. The number of aryl methyl sites for hydroxylation is 1. The predicted molar refractivity (Wildman–Crippen MR) is 105 cm³/mol. The van der Waals surface area contributed by atoms with Gasteiger partial charge in [0.1, 0.15) is 0 Å². The first-order valence-electron chi connectivity index (χ1n) is 7.48. The number of hydrogen-bond donors (Lipinski definition) is 2. The fraction of sp³-hybridized carbons (Fsp3) is 0.222. The molecule has 0 fully saturated rings. The van der Waals surface area contributed by atoms with Crippen LogP contribution in [0.3, 0.4) is 0 Å². The minimum Gasteiger partial charge on any atom is -0.325 e. The molecule has 2 N–H and O–H groups in total. The quantitative estimate of drug-likeness (QED) is 0.744. The molecular weight excluding hydrogens is 388 g/mol. The average molecular weight is 407 g/mol. The lowest BCUT2D eigenvalue weighted by Crippen LogP contribution is -2.25. The lowest BCUT2D eigenvalue weighted by molar-refractivity contribution is -0.115. The number of anilines is 2. The van der Waals surface area contributed by atoms with E-state index >= 15 is 0 Å². The van der Waals surface area contributed by atoms with E-state index in [0.29, 0.717) is 0 Å². The molecule has 1 unspecified atom stereocenters. The minimum absolute atomic E-state index is 0.117. The van der Waals surface area contributed by atoms with Crippen molar-refractivity contribution in [2.45, 2.75) is 19.1 Å². The van der Waals surface area contributed by atoms with Crippen LogP contribution in [0.1, 0.15) is 12.5 Å². The van der Waals surface area contributed by atoms with Gasteiger partial charge in [-0.1, -0.05) is 28.1 Å². The van der Waals surface area contributed by atoms with E-state index in [4.69, 9.17) is 0 Å². The molecule has 24 heavy (non-hydrogen) atoms. The predicted octanol–water partition coefficient (Wildman–Crippen LogP) is 4.46. The second-order valence-corrected chi connectivity index (χ2v) is 7.61. The van der Waals surface area contributed by atoms with Crippen molar-refractivity contribution < 1.29 is 9.59 Å².